The molecule has 0 unspecified atom stereocenters. The normalized spacial score (nSPS) is 15.4. The molecule has 5 nitrogen and oxygen atoms in total. The molecule has 148 valence electrons. The Bertz CT molecular complexity index is 827. The molecule has 0 bridgehead atoms. The first-order valence-corrected chi connectivity index (χ1v) is 9.99. The molecule has 1 heterocycles. The highest BCUT2D eigenvalue weighted by Gasteiger charge is 2.26. The monoisotopic (exact) mass is 420 g/mol. The topological polar surface area (TPSA) is 69.6 Å². The van der Waals surface area contributed by atoms with Crippen LogP contribution in [0, 0.1) is 5.92 Å². The van der Waals surface area contributed by atoms with E-state index in [1.54, 1.807) is 30.3 Å². The van der Waals surface area contributed by atoms with E-state index in [0.29, 0.717) is 34.3 Å². The van der Waals surface area contributed by atoms with Gasteiger partial charge >= 0.3 is 0 Å². The predicted octanol–water partition coefficient (Wildman–Crippen LogP) is 4.62. The van der Waals surface area contributed by atoms with Crippen LogP contribution in [0.4, 0.5) is 5.69 Å². The molecular formula is C21H22Cl2N2O3. The van der Waals surface area contributed by atoms with E-state index < -0.39 is 0 Å². The van der Waals surface area contributed by atoms with Crippen molar-refractivity contribution in [2.45, 2.75) is 19.3 Å². The highest BCUT2D eigenvalue weighted by Crippen LogP contribution is 2.30. The number of amides is 1. The van der Waals surface area contributed by atoms with Crippen molar-refractivity contribution in [1.29, 1.82) is 0 Å². The molecule has 1 aliphatic heterocycles. The maximum absolute atomic E-state index is 12.6. The van der Waals surface area contributed by atoms with E-state index in [0.717, 1.165) is 25.9 Å². The van der Waals surface area contributed by atoms with Gasteiger partial charge in [-0.2, -0.15) is 0 Å². The zero-order chi connectivity index (χ0) is 20.1. The first-order chi connectivity index (χ1) is 13.4. The lowest BCUT2D eigenvalue weighted by molar-refractivity contribution is -0.116. The Kier molecular flexibility index (Phi) is 6.94. The molecule has 2 N–H and O–H groups in total. The van der Waals surface area contributed by atoms with Crippen molar-refractivity contribution in [3.05, 3.63) is 58.1 Å². The van der Waals surface area contributed by atoms with E-state index in [-0.39, 0.29) is 23.4 Å². The maximum atomic E-state index is 12.6. The van der Waals surface area contributed by atoms with Gasteiger partial charge in [0.05, 0.1) is 15.7 Å². The second kappa shape index (κ2) is 9.41. The van der Waals surface area contributed by atoms with E-state index in [4.69, 9.17) is 23.2 Å². The molecule has 0 aromatic heterocycles. The number of aromatic hydroxyl groups is 1. The van der Waals surface area contributed by atoms with Crippen LogP contribution >= 0.6 is 23.2 Å². The number of anilines is 1. The van der Waals surface area contributed by atoms with Crippen molar-refractivity contribution in [2.75, 3.05) is 25.0 Å². The summed E-state index contributed by atoms with van der Waals surface area (Å²) in [6.07, 6.45) is 1.85. The summed E-state index contributed by atoms with van der Waals surface area (Å²) in [4.78, 5) is 27.0. The Hall–Kier alpha value is -2.08. The molecule has 0 radical (unpaired) electrons. The first kappa shape index (κ1) is 20.6. The quantitative estimate of drug-likeness (QED) is 0.668. The number of Topliss-reactive ketones (excluding diaryl/α,β-unsaturated/α-hetero) is 1. The van der Waals surface area contributed by atoms with Crippen molar-refractivity contribution in [3.63, 3.8) is 0 Å². The minimum Gasteiger partial charge on any atom is -0.508 e. The fraction of sp³-hybridized carbons (Fsp3) is 0.333. The summed E-state index contributed by atoms with van der Waals surface area (Å²) in [7, 11) is 0. The highest BCUT2D eigenvalue weighted by atomic mass is 35.5. The lowest BCUT2D eigenvalue weighted by atomic mass is 9.89. The number of hydrogen-bond donors (Lipinski definition) is 2. The smallest absolute Gasteiger partial charge is 0.225 e. The molecule has 0 atom stereocenters. The van der Waals surface area contributed by atoms with Crippen LogP contribution in [-0.4, -0.2) is 41.3 Å². The fourth-order valence-electron chi connectivity index (χ4n) is 3.36. The van der Waals surface area contributed by atoms with Crippen LogP contribution in [-0.2, 0) is 4.79 Å². The van der Waals surface area contributed by atoms with E-state index in [2.05, 4.69) is 10.2 Å². The van der Waals surface area contributed by atoms with Crippen molar-refractivity contribution in [1.82, 2.24) is 4.90 Å². The molecule has 1 amide bonds. The molecule has 1 fully saturated rings. The number of hydrogen-bond acceptors (Lipinski definition) is 4. The lowest BCUT2D eigenvalue weighted by Crippen LogP contribution is -2.38. The maximum Gasteiger partial charge on any atom is 0.225 e. The summed E-state index contributed by atoms with van der Waals surface area (Å²) >= 11 is 12.1. The minimum absolute atomic E-state index is 0.0171. The highest BCUT2D eigenvalue weighted by molar-refractivity contribution is 6.39. The van der Waals surface area contributed by atoms with Crippen LogP contribution in [0.5, 0.6) is 5.75 Å². The van der Waals surface area contributed by atoms with Gasteiger partial charge in [-0.25, -0.2) is 0 Å². The molecule has 2 aromatic rings. The van der Waals surface area contributed by atoms with Crippen molar-refractivity contribution in [3.8, 4) is 5.75 Å². The van der Waals surface area contributed by atoms with Crippen LogP contribution in [0.3, 0.4) is 0 Å². The van der Waals surface area contributed by atoms with Gasteiger partial charge in [-0.1, -0.05) is 29.3 Å². The Morgan fingerprint density at radius 2 is 1.64 bits per heavy atom. The van der Waals surface area contributed by atoms with Crippen molar-refractivity contribution in [2.24, 2.45) is 5.92 Å². The molecule has 3 rings (SSSR count). The molecular weight excluding hydrogens is 399 g/mol. The molecule has 0 saturated carbocycles. The van der Waals surface area contributed by atoms with Crippen LogP contribution in [0.25, 0.3) is 0 Å². The summed E-state index contributed by atoms with van der Waals surface area (Å²) in [6, 6.07) is 11.5. The number of nitrogens with zero attached hydrogens (tertiary/aromatic N) is 1. The number of carbonyl (C=O) groups excluding carboxylic acids is 2. The third-order valence-electron chi connectivity index (χ3n) is 4.99. The van der Waals surface area contributed by atoms with Crippen LogP contribution in [0.1, 0.15) is 29.6 Å². The Balaban J connectivity index is 1.45. The van der Waals surface area contributed by atoms with Gasteiger partial charge in [-0.3, -0.25) is 9.59 Å². The number of piperidine rings is 1. The van der Waals surface area contributed by atoms with Crippen LogP contribution in [0.15, 0.2) is 42.5 Å². The Morgan fingerprint density at radius 3 is 2.25 bits per heavy atom. The van der Waals surface area contributed by atoms with E-state index >= 15 is 0 Å². The summed E-state index contributed by atoms with van der Waals surface area (Å²) in [6.45, 7) is 2.16. The first-order valence-electron chi connectivity index (χ1n) is 9.23. The Morgan fingerprint density at radius 1 is 1.04 bits per heavy atom. The van der Waals surface area contributed by atoms with Crippen molar-refractivity contribution < 1.29 is 14.7 Å². The SMILES string of the molecule is O=C(CCN1CCC(C(=O)c2ccc(O)cc2)CC1)Nc1c(Cl)cccc1Cl. The zero-order valence-corrected chi connectivity index (χ0v) is 16.8. The van der Waals surface area contributed by atoms with Crippen LogP contribution < -0.4 is 5.32 Å². The summed E-state index contributed by atoms with van der Waals surface area (Å²) in [5.74, 6) is 0.113. The third-order valence-corrected chi connectivity index (χ3v) is 5.62. The zero-order valence-electron chi connectivity index (χ0n) is 15.3. The van der Waals surface area contributed by atoms with Gasteiger partial charge < -0.3 is 15.3 Å². The number of phenolic OH excluding ortho intramolecular Hbond substituents is 1. The molecule has 0 spiro atoms. The summed E-state index contributed by atoms with van der Waals surface area (Å²) < 4.78 is 0. The van der Waals surface area contributed by atoms with Gasteiger partial charge in [0, 0.05) is 24.4 Å². The largest absolute Gasteiger partial charge is 0.508 e. The number of halogens is 2. The average Bonchev–Trinajstić information content (AvgIpc) is 2.70. The molecule has 1 saturated heterocycles. The number of phenols is 1. The van der Waals surface area contributed by atoms with Gasteiger partial charge in [0.1, 0.15) is 5.75 Å². The number of para-hydroxylation sites is 1. The van der Waals surface area contributed by atoms with Gasteiger partial charge in [-0.15, -0.1) is 0 Å². The number of rotatable bonds is 6. The van der Waals surface area contributed by atoms with E-state index in [1.165, 1.54) is 12.1 Å². The second-order valence-corrected chi connectivity index (χ2v) is 7.74. The lowest BCUT2D eigenvalue weighted by Gasteiger charge is -2.31. The van der Waals surface area contributed by atoms with Crippen molar-refractivity contribution >= 4 is 40.6 Å². The van der Waals surface area contributed by atoms with Gasteiger partial charge in [0.25, 0.3) is 0 Å². The van der Waals surface area contributed by atoms with Crippen LogP contribution in [0.2, 0.25) is 10.0 Å². The summed E-state index contributed by atoms with van der Waals surface area (Å²) in [5.41, 5.74) is 1.07. The Labute approximate surface area is 174 Å². The van der Waals surface area contributed by atoms with Gasteiger partial charge in [0.2, 0.25) is 5.91 Å². The standard InChI is InChI=1S/C21H22Cl2N2O3/c22-17-2-1-3-18(23)20(17)24-19(27)10-13-25-11-8-15(9-12-25)21(28)14-4-6-16(26)7-5-14/h1-7,15,26H,8-13H2,(H,24,27). The minimum atomic E-state index is -0.141. The summed E-state index contributed by atoms with van der Waals surface area (Å²) in [5, 5.41) is 12.9. The number of carbonyl (C=O) groups is 2. The van der Waals surface area contributed by atoms with Gasteiger partial charge in [-0.05, 0) is 62.3 Å². The third kappa shape index (κ3) is 5.25. The molecule has 7 heteroatoms. The average molecular weight is 421 g/mol. The second-order valence-electron chi connectivity index (χ2n) is 6.92. The molecule has 28 heavy (non-hydrogen) atoms. The number of likely N-dealkylation sites (tertiary alicyclic amines) is 1. The van der Waals surface area contributed by atoms with E-state index in [9.17, 15) is 14.7 Å². The molecule has 0 aliphatic carbocycles. The molecule has 1 aliphatic rings. The van der Waals surface area contributed by atoms with E-state index in [1.807, 2.05) is 0 Å². The van der Waals surface area contributed by atoms with Gasteiger partial charge in [0.15, 0.2) is 5.78 Å². The predicted molar refractivity (Wildman–Crippen MR) is 111 cm³/mol. The number of nitrogens with one attached hydrogen (secondary N) is 1. The number of ketones is 1. The number of benzene rings is 2. The molecule has 2 aromatic carbocycles. The fourth-order valence-corrected chi connectivity index (χ4v) is 3.85.